The molecule has 0 fully saturated rings. The third-order valence-corrected chi connectivity index (χ3v) is 2.48. The van der Waals surface area contributed by atoms with E-state index in [2.05, 4.69) is 15.6 Å². The molecule has 0 aliphatic heterocycles. The van der Waals surface area contributed by atoms with Crippen LogP contribution < -0.4 is 10.6 Å². The number of hydrogen-bond donors (Lipinski definition) is 2. The molecule has 2 rings (SSSR count). The number of carbonyl (C=O) groups excluding carboxylic acids is 1. The third-order valence-electron chi connectivity index (χ3n) is 2.48. The molecule has 0 radical (unpaired) electrons. The van der Waals surface area contributed by atoms with E-state index >= 15 is 0 Å². The second kappa shape index (κ2) is 6.30. The Kier molecular flexibility index (Phi) is 4.47. The highest BCUT2D eigenvalue weighted by Crippen LogP contribution is 2.16. The van der Waals surface area contributed by atoms with Crippen LogP contribution in [-0.2, 0) is 11.3 Å². The van der Waals surface area contributed by atoms with Crippen LogP contribution in [0.1, 0.15) is 26.5 Å². The van der Waals surface area contributed by atoms with E-state index in [0.717, 1.165) is 11.4 Å². The summed E-state index contributed by atoms with van der Waals surface area (Å²) in [6.07, 6.45) is 2.58. The Morgan fingerprint density at radius 1 is 1.24 bits per heavy atom. The standard InChI is InChI=1S/C15H19N3O3/c1-15(2,3)21-14(19)18-12-6-4-11(5-7-12)17-9-13-8-16-10-20-13/h4-8,10,17H,9H2,1-3H3,(H,18,19). The lowest BCUT2D eigenvalue weighted by Gasteiger charge is -2.19. The van der Waals surface area contributed by atoms with E-state index < -0.39 is 11.7 Å². The summed E-state index contributed by atoms with van der Waals surface area (Å²) in [5, 5.41) is 5.87. The van der Waals surface area contributed by atoms with E-state index in [0.29, 0.717) is 12.2 Å². The molecule has 0 atom stereocenters. The molecular weight excluding hydrogens is 270 g/mol. The van der Waals surface area contributed by atoms with E-state index in [9.17, 15) is 4.79 Å². The van der Waals surface area contributed by atoms with Gasteiger partial charge in [0.2, 0.25) is 0 Å². The first-order valence-corrected chi connectivity index (χ1v) is 6.64. The molecule has 0 aliphatic carbocycles. The van der Waals surface area contributed by atoms with Gasteiger partial charge in [-0.2, -0.15) is 0 Å². The van der Waals surface area contributed by atoms with Gasteiger partial charge in [0.05, 0.1) is 12.7 Å². The molecular formula is C15H19N3O3. The van der Waals surface area contributed by atoms with Crippen molar-refractivity contribution in [1.82, 2.24) is 4.98 Å². The predicted molar refractivity (Wildman–Crippen MR) is 80.1 cm³/mol. The average Bonchev–Trinajstić information content (AvgIpc) is 2.89. The van der Waals surface area contributed by atoms with Gasteiger partial charge in [0.15, 0.2) is 6.39 Å². The fourth-order valence-corrected chi connectivity index (χ4v) is 1.61. The zero-order chi connectivity index (χ0) is 15.3. The number of amides is 1. The summed E-state index contributed by atoms with van der Waals surface area (Å²) in [4.78, 5) is 15.5. The quantitative estimate of drug-likeness (QED) is 0.898. The number of nitrogens with one attached hydrogen (secondary N) is 2. The molecule has 1 aromatic carbocycles. The monoisotopic (exact) mass is 289 g/mol. The van der Waals surface area contributed by atoms with Crippen molar-refractivity contribution in [2.45, 2.75) is 32.9 Å². The maximum atomic E-state index is 11.6. The van der Waals surface area contributed by atoms with Crippen molar-refractivity contribution in [1.29, 1.82) is 0 Å². The highest BCUT2D eigenvalue weighted by molar-refractivity contribution is 5.85. The summed E-state index contributed by atoms with van der Waals surface area (Å²) in [6, 6.07) is 7.32. The average molecular weight is 289 g/mol. The van der Waals surface area contributed by atoms with Gasteiger partial charge in [0.1, 0.15) is 11.4 Å². The van der Waals surface area contributed by atoms with Crippen LogP contribution in [0.25, 0.3) is 0 Å². The first kappa shape index (κ1) is 14.9. The number of oxazole rings is 1. The van der Waals surface area contributed by atoms with Crippen LogP contribution in [0, 0.1) is 0 Å². The summed E-state index contributed by atoms with van der Waals surface area (Å²) in [6.45, 7) is 6.02. The number of aromatic nitrogens is 1. The maximum absolute atomic E-state index is 11.6. The molecule has 0 spiro atoms. The van der Waals surface area contributed by atoms with Crippen LogP contribution in [0.3, 0.4) is 0 Å². The van der Waals surface area contributed by atoms with Gasteiger partial charge in [-0.15, -0.1) is 0 Å². The van der Waals surface area contributed by atoms with Crippen LogP contribution in [0.4, 0.5) is 16.2 Å². The number of ether oxygens (including phenoxy) is 1. The topological polar surface area (TPSA) is 76.4 Å². The molecule has 21 heavy (non-hydrogen) atoms. The molecule has 0 saturated carbocycles. The van der Waals surface area contributed by atoms with Crippen molar-refractivity contribution in [3.05, 3.63) is 42.6 Å². The molecule has 0 bridgehead atoms. The molecule has 112 valence electrons. The second-order valence-corrected chi connectivity index (χ2v) is 5.53. The number of rotatable bonds is 4. The lowest BCUT2D eigenvalue weighted by molar-refractivity contribution is 0.0636. The van der Waals surface area contributed by atoms with Crippen LogP contribution in [0.15, 0.2) is 41.3 Å². The molecule has 1 heterocycles. The zero-order valence-electron chi connectivity index (χ0n) is 12.3. The van der Waals surface area contributed by atoms with Gasteiger partial charge in [-0.05, 0) is 45.0 Å². The van der Waals surface area contributed by atoms with Crippen LogP contribution in [0.5, 0.6) is 0 Å². The summed E-state index contributed by atoms with van der Waals surface area (Å²) in [7, 11) is 0. The Morgan fingerprint density at radius 3 is 2.48 bits per heavy atom. The van der Waals surface area contributed by atoms with E-state index in [-0.39, 0.29) is 0 Å². The van der Waals surface area contributed by atoms with Crippen LogP contribution in [0.2, 0.25) is 0 Å². The minimum absolute atomic E-state index is 0.468. The molecule has 1 aromatic heterocycles. The van der Waals surface area contributed by atoms with Gasteiger partial charge >= 0.3 is 6.09 Å². The van der Waals surface area contributed by atoms with Crippen LogP contribution in [-0.4, -0.2) is 16.7 Å². The lowest BCUT2D eigenvalue weighted by Crippen LogP contribution is -2.27. The van der Waals surface area contributed by atoms with Crippen molar-refractivity contribution in [3.63, 3.8) is 0 Å². The van der Waals surface area contributed by atoms with Crippen molar-refractivity contribution in [2.75, 3.05) is 10.6 Å². The summed E-state index contributed by atoms with van der Waals surface area (Å²) < 4.78 is 10.3. The van der Waals surface area contributed by atoms with Crippen molar-refractivity contribution in [2.24, 2.45) is 0 Å². The van der Waals surface area contributed by atoms with Crippen LogP contribution >= 0.6 is 0 Å². The second-order valence-electron chi connectivity index (χ2n) is 5.53. The van der Waals surface area contributed by atoms with E-state index in [1.807, 2.05) is 32.9 Å². The van der Waals surface area contributed by atoms with Crippen molar-refractivity contribution in [3.8, 4) is 0 Å². The van der Waals surface area contributed by atoms with E-state index in [1.54, 1.807) is 18.3 Å². The van der Waals surface area contributed by atoms with Gasteiger partial charge in [0.25, 0.3) is 0 Å². The molecule has 2 N–H and O–H groups in total. The van der Waals surface area contributed by atoms with E-state index in [1.165, 1.54) is 6.39 Å². The number of carbonyl (C=O) groups is 1. The van der Waals surface area contributed by atoms with E-state index in [4.69, 9.17) is 9.15 Å². The van der Waals surface area contributed by atoms with Gasteiger partial charge < -0.3 is 14.5 Å². The molecule has 0 unspecified atom stereocenters. The minimum atomic E-state index is -0.511. The molecule has 0 saturated heterocycles. The van der Waals surface area contributed by atoms with Gasteiger partial charge in [-0.3, -0.25) is 5.32 Å². The summed E-state index contributed by atoms with van der Waals surface area (Å²) in [5.74, 6) is 0.756. The SMILES string of the molecule is CC(C)(C)OC(=O)Nc1ccc(NCc2cnco2)cc1. The van der Waals surface area contributed by atoms with Gasteiger partial charge in [-0.1, -0.05) is 0 Å². The predicted octanol–water partition coefficient (Wildman–Crippen LogP) is 3.63. The third kappa shape index (κ3) is 5.18. The normalized spacial score (nSPS) is 11.0. The lowest BCUT2D eigenvalue weighted by atomic mass is 10.2. The smallest absolute Gasteiger partial charge is 0.412 e. The molecule has 0 aliphatic rings. The fourth-order valence-electron chi connectivity index (χ4n) is 1.61. The van der Waals surface area contributed by atoms with Gasteiger partial charge in [-0.25, -0.2) is 9.78 Å². The summed E-state index contributed by atoms with van der Waals surface area (Å²) >= 11 is 0. The maximum Gasteiger partial charge on any atom is 0.412 e. The highest BCUT2D eigenvalue weighted by atomic mass is 16.6. The summed E-state index contributed by atoms with van der Waals surface area (Å²) in [5.41, 5.74) is 1.08. The molecule has 1 amide bonds. The van der Waals surface area contributed by atoms with Crippen molar-refractivity contribution >= 4 is 17.5 Å². The van der Waals surface area contributed by atoms with Crippen molar-refractivity contribution < 1.29 is 13.9 Å². The molecule has 6 heteroatoms. The number of benzene rings is 1. The Balaban J connectivity index is 1.85. The minimum Gasteiger partial charge on any atom is -0.447 e. The first-order valence-electron chi connectivity index (χ1n) is 6.64. The van der Waals surface area contributed by atoms with Gasteiger partial charge in [0, 0.05) is 11.4 Å². The molecule has 6 nitrogen and oxygen atoms in total. The Morgan fingerprint density at radius 2 is 1.90 bits per heavy atom. The largest absolute Gasteiger partial charge is 0.447 e. The Labute approximate surface area is 123 Å². The first-order chi connectivity index (χ1) is 9.92. The zero-order valence-corrected chi connectivity index (χ0v) is 12.3. The number of anilines is 2. The molecule has 2 aromatic rings. The fraction of sp³-hybridized carbons (Fsp3) is 0.333. The Bertz CT molecular complexity index is 571. The number of nitrogens with zero attached hydrogens (tertiary/aromatic N) is 1. The number of hydrogen-bond acceptors (Lipinski definition) is 5. The Hall–Kier alpha value is -2.50. The highest BCUT2D eigenvalue weighted by Gasteiger charge is 2.15.